The molecule has 0 bridgehead atoms. The van der Waals surface area contributed by atoms with Crippen LogP contribution in [-0.4, -0.2) is 18.0 Å². The third-order valence-electron chi connectivity index (χ3n) is 4.23. The number of anilines is 2. The first-order valence-corrected chi connectivity index (χ1v) is 10.0. The summed E-state index contributed by atoms with van der Waals surface area (Å²) in [6.45, 7) is 0. The van der Waals surface area contributed by atoms with E-state index in [0.717, 1.165) is 16.3 Å². The van der Waals surface area contributed by atoms with Crippen LogP contribution in [0.1, 0.15) is 10.4 Å². The zero-order valence-corrected chi connectivity index (χ0v) is 17.4. The summed E-state index contributed by atoms with van der Waals surface area (Å²) in [5.74, 6) is -0.557. The quantitative estimate of drug-likeness (QED) is 0.348. The van der Waals surface area contributed by atoms with E-state index in [-0.39, 0.29) is 10.6 Å². The van der Waals surface area contributed by atoms with Crippen molar-refractivity contribution in [1.82, 2.24) is 4.98 Å². The molecular formula is C21H13Cl2FN2O2S. The highest BCUT2D eigenvalue weighted by atomic mass is 35.5. The molecule has 0 aliphatic heterocycles. The summed E-state index contributed by atoms with van der Waals surface area (Å²) in [4.78, 5) is 19.5. The fraction of sp³-hybridized carbons (Fsp3) is 0.0476. The summed E-state index contributed by atoms with van der Waals surface area (Å²) in [6.07, 6.45) is 0. The summed E-state index contributed by atoms with van der Waals surface area (Å²) >= 11 is 13.7. The van der Waals surface area contributed by atoms with Crippen LogP contribution in [0.2, 0.25) is 10.0 Å². The molecule has 1 aromatic heterocycles. The molecule has 0 unspecified atom stereocenters. The van der Waals surface area contributed by atoms with Crippen LogP contribution in [0.25, 0.3) is 10.2 Å². The highest BCUT2D eigenvalue weighted by Crippen LogP contribution is 2.38. The third kappa shape index (κ3) is 3.79. The average Bonchev–Trinajstić information content (AvgIpc) is 3.12. The number of carbonyl (C=O) groups is 1. The number of benzene rings is 3. The summed E-state index contributed by atoms with van der Waals surface area (Å²) < 4.78 is 19.7. The first-order chi connectivity index (χ1) is 14.0. The number of hydrogen-bond donors (Lipinski definition) is 0. The fourth-order valence-electron chi connectivity index (χ4n) is 2.84. The van der Waals surface area contributed by atoms with E-state index >= 15 is 0 Å². The van der Waals surface area contributed by atoms with Crippen LogP contribution in [0.15, 0.2) is 60.7 Å². The van der Waals surface area contributed by atoms with Gasteiger partial charge in [-0.15, -0.1) is 0 Å². The molecule has 0 fully saturated rings. The molecule has 8 heteroatoms. The topological polar surface area (TPSA) is 42.4 Å². The molecule has 0 N–H and O–H groups in total. The van der Waals surface area contributed by atoms with Crippen molar-refractivity contribution in [1.29, 1.82) is 0 Å². The lowest BCUT2D eigenvalue weighted by molar-refractivity contribution is 0.0999. The van der Waals surface area contributed by atoms with Gasteiger partial charge in [0.2, 0.25) is 0 Å². The average molecular weight is 447 g/mol. The molecule has 1 amide bonds. The number of hydrogen-bond acceptors (Lipinski definition) is 4. The Hall–Kier alpha value is -2.67. The maximum Gasteiger partial charge on any atom is 0.266 e. The normalized spacial score (nSPS) is 10.9. The number of methoxy groups -OCH3 is 1. The minimum absolute atomic E-state index is 0.0158. The monoisotopic (exact) mass is 446 g/mol. The van der Waals surface area contributed by atoms with Gasteiger partial charge in [-0.3, -0.25) is 9.69 Å². The van der Waals surface area contributed by atoms with Gasteiger partial charge in [0.25, 0.3) is 5.91 Å². The largest absolute Gasteiger partial charge is 0.495 e. The van der Waals surface area contributed by atoms with Gasteiger partial charge < -0.3 is 4.74 Å². The summed E-state index contributed by atoms with van der Waals surface area (Å²) in [6, 6.07) is 16.2. The van der Waals surface area contributed by atoms with E-state index in [1.807, 2.05) is 24.3 Å². The van der Waals surface area contributed by atoms with Crippen LogP contribution in [0, 0.1) is 5.82 Å². The zero-order chi connectivity index (χ0) is 20.5. The molecule has 29 heavy (non-hydrogen) atoms. The molecule has 0 saturated carbocycles. The minimum atomic E-state index is -0.522. The van der Waals surface area contributed by atoms with Crippen LogP contribution < -0.4 is 9.64 Å². The van der Waals surface area contributed by atoms with Gasteiger partial charge in [0.1, 0.15) is 11.6 Å². The van der Waals surface area contributed by atoms with Crippen LogP contribution in [0.5, 0.6) is 5.75 Å². The van der Waals surface area contributed by atoms with Crippen LogP contribution >= 0.6 is 34.5 Å². The summed E-state index contributed by atoms with van der Waals surface area (Å²) in [5, 5.41) is 0.871. The molecular weight excluding hydrogens is 434 g/mol. The number of rotatable bonds is 4. The Kier molecular flexibility index (Phi) is 5.41. The molecule has 0 spiro atoms. The van der Waals surface area contributed by atoms with Crippen molar-refractivity contribution in [3.05, 3.63) is 82.1 Å². The number of carbonyl (C=O) groups excluding carboxylic acids is 1. The van der Waals surface area contributed by atoms with Crippen LogP contribution in [0.3, 0.4) is 0 Å². The third-order valence-corrected chi connectivity index (χ3v) is 5.88. The number of halogens is 3. The van der Waals surface area contributed by atoms with E-state index in [1.165, 1.54) is 35.5 Å². The first-order valence-electron chi connectivity index (χ1n) is 8.46. The molecule has 0 saturated heterocycles. The molecule has 3 aromatic carbocycles. The van der Waals surface area contributed by atoms with E-state index in [0.29, 0.717) is 21.6 Å². The fourth-order valence-corrected chi connectivity index (χ4v) is 4.27. The molecule has 0 radical (unpaired) electrons. The number of thiazole rings is 1. The van der Waals surface area contributed by atoms with E-state index in [2.05, 4.69) is 4.98 Å². The number of fused-ring (bicyclic) bond motifs is 1. The van der Waals surface area contributed by atoms with Gasteiger partial charge in [-0.2, -0.15) is 0 Å². The molecule has 146 valence electrons. The second kappa shape index (κ2) is 7.99. The van der Waals surface area contributed by atoms with E-state index in [4.69, 9.17) is 27.9 Å². The SMILES string of the molecule is COc1cc(N(C(=O)c2ccc(F)cc2Cl)c2nc3ccccc3s2)ccc1Cl. The molecule has 4 rings (SSSR count). The van der Waals surface area contributed by atoms with Crippen molar-refractivity contribution < 1.29 is 13.9 Å². The number of para-hydroxylation sites is 1. The zero-order valence-electron chi connectivity index (χ0n) is 15.0. The van der Waals surface area contributed by atoms with Crippen molar-refractivity contribution in [3.8, 4) is 5.75 Å². The lowest BCUT2D eigenvalue weighted by atomic mass is 10.1. The van der Waals surface area contributed by atoms with Crippen molar-refractivity contribution in [2.45, 2.75) is 0 Å². The molecule has 1 heterocycles. The number of amides is 1. The standard InChI is InChI=1S/C21H13Cl2FN2O2S/c1-28-18-11-13(7-9-15(18)22)26(20(27)14-8-6-12(24)10-16(14)23)21-25-17-4-2-3-5-19(17)29-21/h2-11H,1H3. The Balaban J connectivity index is 1.90. The van der Waals surface area contributed by atoms with Crippen molar-refractivity contribution >= 4 is 61.5 Å². The lowest BCUT2D eigenvalue weighted by Gasteiger charge is -2.21. The smallest absolute Gasteiger partial charge is 0.266 e. The molecule has 0 aliphatic rings. The Morgan fingerprint density at radius 3 is 2.59 bits per heavy atom. The predicted molar refractivity (Wildman–Crippen MR) is 116 cm³/mol. The van der Waals surface area contributed by atoms with Gasteiger partial charge in [0, 0.05) is 6.07 Å². The van der Waals surface area contributed by atoms with Gasteiger partial charge in [-0.05, 0) is 42.5 Å². The van der Waals surface area contributed by atoms with Crippen LogP contribution in [0.4, 0.5) is 15.2 Å². The Morgan fingerprint density at radius 2 is 1.86 bits per heavy atom. The molecule has 4 nitrogen and oxygen atoms in total. The summed E-state index contributed by atoms with van der Waals surface area (Å²) in [7, 11) is 1.49. The van der Waals surface area contributed by atoms with Crippen molar-refractivity contribution in [2.75, 3.05) is 12.0 Å². The highest BCUT2D eigenvalue weighted by molar-refractivity contribution is 7.22. The molecule has 4 aromatic rings. The van der Waals surface area contributed by atoms with Gasteiger partial charge in [-0.25, -0.2) is 9.37 Å². The minimum Gasteiger partial charge on any atom is -0.495 e. The van der Waals surface area contributed by atoms with E-state index in [1.54, 1.807) is 18.2 Å². The van der Waals surface area contributed by atoms with Crippen molar-refractivity contribution in [3.63, 3.8) is 0 Å². The predicted octanol–water partition coefficient (Wildman–Crippen LogP) is 6.73. The number of ether oxygens (including phenoxy) is 1. The highest BCUT2D eigenvalue weighted by Gasteiger charge is 2.26. The second-order valence-electron chi connectivity index (χ2n) is 6.05. The van der Waals surface area contributed by atoms with Gasteiger partial charge in [0.15, 0.2) is 5.13 Å². The Labute approximate surface area is 180 Å². The Bertz CT molecular complexity index is 1200. The van der Waals surface area contributed by atoms with Gasteiger partial charge in [-0.1, -0.05) is 46.7 Å². The molecule has 0 aliphatic carbocycles. The maximum absolute atomic E-state index is 13.5. The van der Waals surface area contributed by atoms with Gasteiger partial charge >= 0.3 is 0 Å². The van der Waals surface area contributed by atoms with Crippen LogP contribution in [-0.2, 0) is 0 Å². The number of aromatic nitrogens is 1. The van der Waals surface area contributed by atoms with E-state index < -0.39 is 11.7 Å². The number of nitrogens with zero attached hydrogens (tertiary/aromatic N) is 2. The Morgan fingerprint density at radius 1 is 1.07 bits per heavy atom. The van der Waals surface area contributed by atoms with Gasteiger partial charge in [0.05, 0.1) is 38.6 Å². The van der Waals surface area contributed by atoms with Crippen molar-refractivity contribution in [2.24, 2.45) is 0 Å². The first kappa shape index (κ1) is 19.6. The summed E-state index contributed by atoms with van der Waals surface area (Å²) in [5.41, 5.74) is 1.41. The van der Waals surface area contributed by atoms with E-state index in [9.17, 15) is 9.18 Å². The second-order valence-corrected chi connectivity index (χ2v) is 7.87. The lowest BCUT2D eigenvalue weighted by Crippen LogP contribution is -2.26. The maximum atomic E-state index is 13.5. The molecule has 0 atom stereocenters.